The molecule has 1 amide bonds. The molecular weight excluding hydrogens is 394 g/mol. The van der Waals surface area contributed by atoms with Gasteiger partial charge in [-0.25, -0.2) is 0 Å². The molecule has 0 unspecified atom stereocenters. The molecule has 172 valence electrons. The van der Waals surface area contributed by atoms with Gasteiger partial charge >= 0.3 is 0 Å². The number of hydrogen-bond donors (Lipinski definition) is 2. The van der Waals surface area contributed by atoms with Crippen LogP contribution in [0.15, 0.2) is 108 Å². The highest BCUT2D eigenvalue weighted by atomic mass is 16.3. The van der Waals surface area contributed by atoms with Crippen molar-refractivity contribution in [3.63, 3.8) is 0 Å². The summed E-state index contributed by atoms with van der Waals surface area (Å²) < 4.78 is 0. The topological polar surface area (TPSA) is 49.3 Å². The molecule has 0 aliphatic carbocycles. The summed E-state index contributed by atoms with van der Waals surface area (Å²) in [6.45, 7) is 6.17. The highest BCUT2D eigenvalue weighted by Crippen LogP contribution is 2.06. The molecule has 2 atom stereocenters. The molecule has 0 aromatic carbocycles. The summed E-state index contributed by atoms with van der Waals surface area (Å²) in [6.07, 6.45) is 34.9. The highest BCUT2D eigenvalue weighted by molar-refractivity contribution is 5.88. The maximum atomic E-state index is 12.4. The minimum Gasteiger partial charge on any atom is -0.389 e. The van der Waals surface area contributed by atoms with E-state index < -0.39 is 6.10 Å². The van der Waals surface area contributed by atoms with Crippen molar-refractivity contribution in [3.05, 3.63) is 108 Å². The van der Waals surface area contributed by atoms with Crippen molar-refractivity contribution in [1.29, 1.82) is 0 Å². The molecule has 0 fully saturated rings. The third-order valence-electron chi connectivity index (χ3n) is 4.72. The van der Waals surface area contributed by atoms with Crippen molar-refractivity contribution < 1.29 is 9.90 Å². The SMILES string of the molecule is CCC/C=C\C=C/C[C@H]1C\C=C/C=C(C)/C=C/C=C/[C@@H](O)C/C=C(C)/C=C/C=C\C(=O)N1. The van der Waals surface area contributed by atoms with Gasteiger partial charge in [-0.3, -0.25) is 4.79 Å². The molecule has 1 aliphatic heterocycles. The summed E-state index contributed by atoms with van der Waals surface area (Å²) in [5, 5.41) is 13.1. The lowest BCUT2D eigenvalue weighted by molar-refractivity contribution is -0.117. The summed E-state index contributed by atoms with van der Waals surface area (Å²) in [5.41, 5.74) is 2.15. The average Bonchev–Trinajstić information content (AvgIpc) is 2.77. The molecule has 1 rings (SSSR count). The molecule has 0 spiro atoms. The quantitative estimate of drug-likeness (QED) is 0.480. The van der Waals surface area contributed by atoms with Crippen LogP contribution in [0.25, 0.3) is 0 Å². The Morgan fingerprint density at radius 2 is 1.69 bits per heavy atom. The van der Waals surface area contributed by atoms with Crippen LogP contribution in [0.1, 0.15) is 52.9 Å². The molecule has 32 heavy (non-hydrogen) atoms. The Kier molecular flexibility index (Phi) is 15.0. The fourth-order valence-electron chi connectivity index (χ4n) is 2.85. The number of carbonyl (C=O) groups is 1. The third kappa shape index (κ3) is 15.0. The van der Waals surface area contributed by atoms with Crippen LogP contribution in [0.5, 0.6) is 0 Å². The molecule has 2 N–H and O–H groups in total. The first-order valence-corrected chi connectivity index (χ1v) is 11.5. The first-order valence-electron chi connectivity index (χ1n) is 11.5. The van der Waals surface area contributed by atoms with Gasteiger partial charge in [-0.15, -0.1) is 0 Å². The number of nitrogens with one attached hydrogen (secondary N) is 1. The molecule has 0 bridgehead atoms. The predicted molar refractivity (Wildman–Crippen MR) is 138 cm³/mol. The Hall–Kier alpha value is -2.91. The van der Waals surface area contributed by atoms with Crippen LogP contribution < -0.4 is 5.32 Å². The van der Waals surface area contributed by atoms with Crippen molar-refractivity contribution >= 4 is 5.91 Å². The van der Waals surface area contributed by atoms with Crippen molar-refractivity contribution in [1.82, 2.24) is 5.32 Å². The zero-order valence-electron chi connectivity index (χ0n) is 19.8. The summed E-state index contributed by atoms with van der Waals surface area (Å²) in [6, 6.07) is 0.0316. The van der Waals surface area contributed by atoms with Gasteiger partial charge in [0, 0.05) is 12.1 Å². The van der Waals surface area contributed by atoms with E-state index in [0.29, 0.717) is 6.42 Å². The van der Waals surface area contributed by atoms with Crippen LogP contribution in [-0.4, -0.2) is 23.2 Å². The standard InChI is InChI=1S/C29H39NO2/c1-4-5-6-7-8-9-19-27-20-13-10-16-25(2)17-11-14-21-28(31)24-23-26(3)18-12-15-22-29(32)30-27/h6-18,21-23,27-28,31H,4-5,19-20,24H2,1-3H3,(H,30,32)/b7-6-,9-8-,13-10-,17-11+,18-12+,21-14+,22-15-,25-16+,26-23+/t27-,28+/m0/s1. The number of allylic oxidation sites excluding steroid dienone is 13. The molecule has 0 aromatic rings. The lowest BCUT2D eigenvalue weighted by Crippen LogP contribution is -2.32. The summed E-state index contributed by atoms with van der Waals surface area (Å²) in [5.74, 6) is -0.103. The van der Waals surface area contributed by atoms with Crippen molar-refractivity contribution in [2.24, 2.45) is 0 Å². The molecular formula is C29H39NO2. The summed E-state index contributed by atoms with van der Waals surface area (Å²) in [7, 11) is 0. The summed E-state index contributed by atoms with van der Waals surface area (Å²) >= 11 is 0. The number of unbranched alkanes of at least 4 members (excludes halogenated alkanes) is 1. The molecule has 0 saturated carbocycles. The van der Waals surface area contributed by atoms with Gasteiger partial charge in [0.05, 0.1) is 6.10 Å². The minimum atomic E-state index is -0.521. The molecule has 3 heteroatoms. The third-order valence-corrected chi connectivity index (χ3v) is 4.72. The van der Waals surface area contributed by atoms with E-state index in [1.165, 1.54) is 0 Å². The monoisotopic (exact) mass is 433 g/mol. The molecule has 0 saturated heterocycles. The van der Waals surface area contributed by atoms with Gasteiger partial charge < -0.3 is 10.4 Å². The van der Waals surface area contributed by atoms with Gasteiger partial charge in [-0.2, -0.15) is 0 Å². The number of amides is 1. The lowest BCUT2D eigenvalue weighted by Gasteiger charge is -2.14. The van der Waals surface area contributed by atoms with Gasteiger partial charge in [-0.05, 0) is 39.5 Å². The van der Waals surface area contributed by atoms with Crippen LogP contribution >= 0.6 is 0 Å². The van der Waals surface area contributed by atoms with Crippen molar-refractivity contribution in [2.75, 3.05) is 0 Å². The number of hydrogen-bond acceptors (Lipinski definition) is 2. The highest BCUT2D eigenvalue weighted by Gasteiger charge is 2.07. The maximum Gasteiger partial charge on any atom is 0.244 e. The molecule has 0 radical (unpaired) electrons. The zero-order valence-corrected chi connectivity index (χ0v) is 19.8. The maximum absolute atomic E-state index is 12.4. The molecule has 3 nitrogen and oxygen atoms in total. The van der Waals surface area contributed by atoms with Crippen LogP contribution in [0, 0.1) is 0 Å². The van der Waals surface area contributed by atoms with Crippen molar-refractivity contribution in [3.8, 4) is 0 Å². The number of aliphatic hydroxyl groups is 1. The fraction of sp³-hybridized carbons (Fsp3) is 0.345. The lowest BCUT2D eigenvalue weighted by atomic mass is 10.1. The zero-order chi connectivity index (χ0) is 23.4. The van der Waals surface area contributed by atoms with Gasteiger partial charge in [0.15, 0.2) is 0 Å². The fourth-order valence-corrected chi connectivity index (χ4v) is 2.85. The van der Waals surface area contributed by atoms with E-state index in [0.717, 1.165) is 36.8 Å². The second-order valence-corrected chi connectivity index (χ2v) is 7.87. The summed E-state index contributed by atoms with van der Waals surface area (Å²) in [4.78, 5) is 12.4. The van der Waals surface area contributed by atoms with Crippen LogP contribution in [-0.2, 0) is 4.79 Å². The van der Waals surface area contributed by atoms with Crippen molar-refractivity contribution in [2.45, 2.75) is 65.0 Å². The first-order chi connectivity index (χ1) is 15.5. The molecule has 1 aliphatic rings. The van der Waals surface area contributed by atoms with E-state index in [2.05, 4.69) is 42.6 Å². The van der Waals surface area contributed by atoms with E-state index in [4.69, 9.17) is 0 Å². The second kappa shape index (κ2) is 17.7. The Balaban J connectivity index is 2.93. The largest absolute Gasteiger partial charge is 0.389 e. The van der Waals surface area contributed by atoms with Gasteiger partial charge in [-0.1, -0.05) is 116 Å². The Labute approximate surface area is 194 Å². The van der Waals surface area contributed by atoms with Gasteiger partial charge in [0.1, 0.15) is 0 Å². The molecule has 1 heterocycles. The first kappa shape index (κ1) is 27.1. The van der Waals surface area contributed by atoms with E-state index >= 15 is 0 Å². The average molecular weight is 434 g/mol. The predicted octanol–water partition coefficient (Wildman–Crippen LogP) is 6.60. The Morgan fingerprint density at radius 3 is 2.50 bits per heavy atom. The number of carbonyl (C=O) groups excluding carboxylic acids is 1. The van der Waals surface area contributed by atoms with Gasteiger partial charge in [0.25, 0.3) is 0 Å². The number of rotatable bonds is 5. The van der Waals surface area contributed by atoms with E-state index in [1.54, 1.807) is 18.2 Å². The molecule has 0 aromatic heterocycles. The van der Waals surface area contributed by atoms with Gasteiger partial charge in [0.2, 0.25) is 5.91 Å². The van der Waals surface area contributed by atoms with E-state index in [-0.39, 0.29) is 11.9 Å². The normalized spacial score (nSPS) is 29.9. The minimum absolute atomic E-state index is 0.0316. The smallest absolute Gasteiger partial charge is 0.244 e. The van der Waals surface area contributed by atoms with Crippen LogP contribution in [0.4, 0.5) is 0 Å². The Bertz CT molecular complexity index is 816. The second-order valence-electron chi connectivity index (χ2n) is 7.87. The number of aliphatic hydroxyl groups excluding tert-OH is 1. The Morgan fingerprint density at radius 1 is 0.969 bits per heavy atom. The van der Waals surface area contributed by atoms with E-state index in [1.807, 2.05) is 62.5 Å². The van der Waals surface area contributed by atoms with Crippen LogP contribution in [0.3, 0.4) is 0 Å². The van der Waals surface area contributed by atoms with Crippen LogP contribution in [0.2, 0.25) is 0 Å². The van der Waals surface area contributed by atoms with E-state index in [9.17, 15) is 9.90 Å².